The van der Waals surface area contributed by atoms with Crippen LogP contribution in [0, 0.1) is 5.92 Å². The van der Waals surface area contributed by atoms with E-state index in [1.165, 1.54) is 0 Å². The molecule has 1 atom stereocenters. The molecule has 0 radical (unpaired) electrons. The van der Waals surface area contributed by atoms with Crippen molar-refractivity contribution in [3.8, 4) is 0 Å². The average molecular weight is 171 g/mol. The number of nitrogens with one attached hydrogen (secondary N) is 1. The fourth-order valence-corrected chi connectivity index (χ4v) is 1.40. The van der Waals surface area contributed by atoms with E-state index in [2.05, 4.69) is 19.2 Å². The molecule has 0 aromatic heterocycles. The molecule has 1 heterocycles. The largest absolute Gasteiger partial charge is 0.512 e. The summed E-state index contributed by atoms with van der Waals surface area (Å²) in [4.78, 5) is 0.646. The van der Waals surface area contributed by atoms with Crippen molar-refractivity contribution in [3.05, 3.63) is 11.8 Å². The summed E-state index contributed by atoms with van der Waals surface area (Å²) in [5, 5.41) is 12.4. The molecule has 0 aromatic carbocycles. The molecule has 0 aromatic rings. The van der Waals surface area contributed by atoms with Gasteiger partial charge in [-0.25, -0.2) is 0 Å². The molecule has 0 fully saturated rings. The summed E-state index contributed by atoms with van der Waals surface area (Å²) in [5.41, 5.74) is 0. The predicted octanol–water partition coefficient (Wildman–Crippen LogP) is 1.77. The summed E-state index contributed by atoms with van der Waals surface area (Å²) in [7, 11) is 0. The van der Waals surface area contributed by atoms with Crippen LogP contribution in [0.25, 0.3) is 0 Å². The van der Waals surface area contributed by atoms with E-state index in [4.69, 9.17) is 12.2 Å². The maximum Gasteiger partial charge on any atom is 0.102 e. The molecule has 0 bridgehead atoms. The van der Waals surface area contributed by atoms with Crippen LogP contribution in [0.4, 0.5) is 0 Å². The molecule has 0 aliphatic carbocycles. The summed E-state index contributed by atoms with van der Waals surface area (Å²) in [6, 6.07) is 0.299. The first-order valence-corrected chi connectivity index (χ1v) is 4.20. The van der Waals surface area contributed by atoms with Crippen molar-refractivity contribution in [2.24, 2.45) is 5.92 Å². The third-order valence-corrected chi connectivity index (χ3v) is 2.09. The first-order chi connectivity index (χ1) is 5.09. The standard InChI is InChI=1S/C8H13NOS/c1-5(2)7-3-6(10)4-8(11)9-7/h4-5,7,10H,3H2,1-2H3,(H,9,11)/t7-/m0/s1. The van der Waals surface area contributed by atoms with E-state index in [1.807, 2.05) is 0 Å². The predicted molar refractivity (Wildman–Crippen MR) is 49.7 cm³/mol. The van der Waals surface area contributed by atoms with Crippen LogP contribution in [0.1, 0.15) is 20.3 Å². The van der Waals surface area contributed by atoms with Crippen molar-refractivity contribution < 1.29 is 5.11 Å². The van der Waals surface area contributed by atoms with Gasteiger partial charge in [0.15, 0.2) is 0 Å². The maximum absolute atomic E-state index is 9.23. The van der Waals surface area contributed by atoms with Gasteiger partial charge in [-0.05, 0) is 5.92 Å². The number of hydrogen-bond donors (Lipinski definition) is 2. The van der Waals surface area contributed by atoms with Gasteiger partial charge in [-0.2, -0.15) is 0 Å². The molecule has 2 nitrogen and oxygen atoms in total. The van der Waals surface area contributed by atoms with E-state index in [0.717, 1.165) is 0 Å². The quantitative estimate of drug-likeness (QED) is 0.590. The summed E-state index contributed by atoms with van der Waals surface area (Å²) in [5.74, 6) is 0.899. The minimum absolute atomic E-state index is 0.299. The van der Waals surface area contributed by atoms with E-state index < -0.39 is 0 Å². The first kappa shape index (κ1) is 8.53. The zero-order valence-corrected chi connectivity index (χ0v) is 7.61. The monoisotopic (exact) mass is 171 g/mol. The Hall–Kier alpha value is -0.570. The zero-order chi connectivity index (χ0) is 8.43. The molecule has 11 heavy (non-hydrogen) atoms. The van der Waals surface area contributed by atoms with E-state index in [0.29, 0.717) is 29.1 Å². The van der Waals surface area contributed by atoms with Gasteiger partial charge in [0.05, 0.1) is 5.76 Å². The SMILES string of the molecule is CC(C)[C@@H]1CC(O)=CC(=S)N1. The lowest BCUT2D eigenvalue weighted by atomic mass is 9.98. The van der Waals surface area contributed by atoms with Crippen molar-refractivity contribution in [3.63, 3.8) is 0 Å². The number of aliphatic hydroxyl groups is 1. The van der Waals surface area contributed by atoms with Crippen LogP contribution in [0.3, 0.4) is 0 Å². The molecule has 0 unspecified atom stereocenters. The van der Waals surface area contributed by atoms with Gasteiger partial charge in [0.25, 0.3) is 0 Å². The molecule has 3 heteroatoms. The summed E-state index contributed by atoms with van der Waals surface area (Å²) in [6.07, 6.45) is 2.30. The molecule has 0 amide bonds. The van der Waals surface area contributed by atoms with E-state index in [1.54, 1.807) is 6.08 Å². The Labute approximate surface area is 72.3 Å². The van der Waals surface area contributed by atoms with Crippen LogP contribution < -0.4 is 5.32 Å². The molecule has 0 saturated carbocycles. The normalized spacial score (nSPS) is 24.8. The molecule has 1 aliphatic heterocycles. The van der Waals surface area contributed by atoms with E-state index in [9.17, 15) is 5.11 Å². The van der Waals surface area contributed by atoms with Crippen LogP contribution in [0.5, 0.6) is 0 Å². The lowest BCUT2D eigenvalue weighted by molar-refractivity contribution is 0.333. The molecule has 0 saturated heterocycles. The second-order valence-corrected chi connectivity index (χ2v) is 3.64. The van der Waals surface area contributed by atoms with Gasteiger partial charge < -0.3 is 10.4 Å². The highest BCUT2D eigenvalue weighted by atomic mass is 32.1. The molecular weight excluding hydrogens is 158 g/mol. The van der Waals surface area contributed by atoms with Crippen LogP contribution in [0.2, 0.25) is 0 Å². The van der Waals surface area contributed by atoms with Crippen molar-refractivity contribution in [1.29, 1.82) is 0 Å². The maximum atomic E-state index is 9.23. The molecule has 2 N–H and O–H groups in total. The third kappa shape index (κ3) is 2.19. The Morgan fingerprint density at radius 1 is 1.73 bits per heavy atom. The van der Waals surface area contributed by atoms with E-state index >= 15 is 0 Å². The lowest BCUT2D eigenvalue weighted by Crippen LogP contribution is -2.40. The second kappa shape index (κ2) is 3.22. The summed E-state index contributed by atoms with van der Waals surface area (Å²) < 4.78 is 0. The van der Waals surface area contributed by atoms with Crippen LogP contribution in [-0.2, 0) is 0 Å². The summed E-state index contributed by atoms with van der Waals surface area (Å²) >= 11 is 4.93. The Morgan fingerprint density at radius 3 is 2.82 bits per heavy atom. The Bertz CT molecular complexity index is 198. The van der Waals surface area contributed by atoms with Crippen molar-refractivity contribution >= 4 is 17.2 Å². The minimum Gasteiger partial charge on any atom is -0.512 e. The van der Waals surface area contributed by atoms with Crippen LogP contribution in [0.15, 0.2) is 11.8 Å². The molecule has 1 rings (SSSR count). The zero-order valence-electron chi connectivity index (χ0n) is 6.79. The Kier molecular flexibility index (Phi) is 2.49. The smallest absolute Gasteiger partial charge is 0.102 e. The van der Waals surface area contributed by atoms with Gasteiger partial charge in [0, 0.05) is 18.5 Å². The average Bonchev–Trinajstić information content (AvgIpc) is 1.85. The topological polar surface area (TPSA) is 32.3 Å². The van der Waals surface area contributed by atoms with Crippen LogP contribution >= 0.6 is 12.2 Å². The van der Waals surface area contributed by atoms with Gasteiger partial charge in [-0.3, -0.25) is 0 Å². The third-order valence-electron chi connectivity index (χ3n) is 1.86. The van der Waals surface area contributed by atoms with Gasteiger partial charge in [0.2, 0.25) is 0 Å². The highest BCUT2D eigenvalue weighted by molar-refractivity contribution is 7.80. The van der Waals surface area contributed by atoms with Gasteiger partial charge in [-0.1, -0.05) is 26.1 Å². The van der Waals surface area contributed by atoms with Gasteiger partial charge >= 0.3 is 0 Å². The highest BCUT2D eigenvalue weighted by Crippen LogP contribution is 2.14. The lowest BCUT2D eigenvalue weighted by Gasteiger charge is -2.26. The highest BCUT2D eigenvalue weighted by Gasteiger charge is 2.19. The molecule has 62 valence electrons. The van der Waals surface area contributed by atoms with Gasteiger partial charge in [-0.15, -0.1) is 0 Å². The fraction of sp³-hybridized carbons (Fsp3) is 0.625. The van der Waals surface area contributed by atoms with Crippen molar-refractivity contribution in [2.45, 2.75) is 26.3 Å². The number of hydrogen-bond acceptors (Lipinski definition) is 2. The number of thiocarbonyl (C=S) groups is 1. The van der Waals surface area contributed by atoms with Gasteiger partial charge in [0.1, 0.15) is 4.99 Å². The van der Waals surface area contributed by atoms with Crippen LogP contribution in [-0.4, -0.2) is 16.1 Å². The number of rotatable bonds is 1. The second-order valence-electron chi connectivity index (χ2n) is 3.20. The Balaban J connectivity index is 2.64. The summed E-state index contributed by atoms with van der Waals surface area (Å²) in [6.45, 7) is 4.22. The first-order valence-electron chi connectivity index (χ1n) is 3.79. The van der Waals surface area contributed by atoms with Crippen molar-refractivity contribution in [2.75, 3.05) is 0 Å². The van der Waals surface area contributed by atoms with Crippen molar-refractivity contribution in [1.82, 2.24) is 5.32 Å². The molecule has 0 spiro atoms. The van der Waals surface area contributed by atoms with E-state index in [-0.39, 0.29) is 0 Å². The fourth-order valence-electron chi connectivity index (χ4n) is 1.11. The molecule has 1 aliphatic rings. The Morgan fingerprint density at radius 2 is 2.36 bits per heavy atom. The number of aliphatic hydroxyl groups excluding tert-OH is 1. The minimum atomic E-state index is 0.299. The molecular formula is C8H13NOS.